The third-order valence-corrected chi connectivity index (χ3v) is 14.6. The summed E-state index contributed by atoms with van der Waals surface area (Å²) < 4.78 is 34.5. The molecule has 0 heterocycles. The van der Waals surface area contributed by atoms with Gasteiger partial charge in [0.1, 0.15) is 23.0 Å². The maximum Gasteiger partial charge on any atom is 0.343 e. The van der Waals surface area contributed by atoms with Crippen LogP contribution in [-0.2, 0) is 9.47 Å². The Balaban J connectivity index is 0.753. The van der Waals surface area contributed by atoms with Crippen molar-refractivity contribution in [2.24, 2.45) is 0 Å². The van der Waals surface area contributed by atoms with Gasteiger partial charge in [0, 0.05) is 0 Å². The molecule has 0 radical (unpaired) electrons. The van der Waals surface area contributed by atoms with Crippen LogP contribution in [-0.4, -0.2) is 49.3 Å². The molecule has 0 saturated heterocycles. The van der Waals surface area contributed by atoms with Crippen molar-refractivity contribution in [2.45, 2.75) is 188 Å². The van der Waals surface area contributed by atoms with E-state index < -0.39 is 23.9 Å². The molecule has 0 aliphatic rings. The summed E-state index contributed by atoms with van der Waals surface area (Å²) in [5.74, 6) is 0.683. The molecule has 0 amide bonds. The molecular formula is C71H88O10. The van der Waals surface area contributed by atoms with Crippen LogP contribution >= 0.6 is 0 Å². The average molecular weight is 1100 g/mol. The van der Waals surface area contributed by atoms with Crippen LogP contribution in [0.3, 0.4) is 0 Å². The number of hydrogen-bond acceptors (Lipinski definition) is 10. The zero-order chi connectivity index (χ0) is 57.3. The molecule has 432 valence electrons. The lowest BCUT2D eigenvalue weighted by Crippen LogP contribution is -2.15. The Hall–Kier alpha value is -7.20. The number of esters is 4. The molecule has 0 unspecified atom stereocenters. The number of ether oxygens (including phenoxy) is 6. The molecule has 0 spiro atoms. The SMILES string of the molecule is CCCCCCCCOc1ccc(-c2ccc(C(=O)Oc3ccc(C(=O)O[C@@H](C)CCCCCCCCCCC[C@H](C)OC(=O)c4ccc(OC(=O)c5ccc(-c6ccc(OCCCCCCCC)cc6)cc5)cc4)cc3)cc2)cc1. The second-order valence-corrected chi connectivity index (χ2v) is 21.5. The number of carbonyl (C=O) groups excluding carboxylic acids is 4. The van der Waals surface area contributed by atoms with Crippen molar-refractivity contribution in [1.29, 1.82) is 0 Å². The standard InChI is InChI=1S/C71H88O10/c1-5-7-9-11-20-24-52-76-64-44-36-58(37-45-64)56-28-32-60(33-29-56)70(74)80-66-48-40-62(41-49-66)68(72)78-54(3)26-22-18-16-14-13-15-17-19-23-27-55(4)79-69(73)63-42-50-67(51-43-63)81-71(75)61-34-30-57(31-35-61)59-38-46-65(47-39-59)77-53-25-21-12-10-8-6-2/h28-51,54-55H,5-27,52-53H2,1-4H3/t54-,55-/m0/s1. The molecule has 0 aliphatic carbocycles. The third-order valence-electron chi connectivity index (χ3n) is 14.6. The van der Waals surface area contributed by atoms with Crippen molar-refractivity contribution in [3.05, 3.63) is 168 Å². The molecule has 2 atom stereocenters. The van der Waals surface area contributed by atoms with E-state index in [1.165, 1.54) is 83.5 Å². The summed E-state index contributed by atoms with van der Waals surface area (Å²) in [6.45, 7) is 9.77. The molecule has 0 bridgehead atoms. The van der Waals surface area contributed by atoms with Gasteiger partial charge in [-0.15, -0.1) is 0 Å². The highest BCUT2D eigenvalue weighted by molar-refractivity contribution is 5.93. The van der Waals surface area contributed by atoms with Gasteiger partial charge < -0.3 is 28.4 Å². The van der Waals surface area contributed by atoms with E-state index in [0.717, 1.165) is 111 Å². The summed E-state index contributed by atoms with van der Waals surface area (Å²) in [4.78, 5) is 51.6. The minimum Gasteiger partial charge on any atom is -0.494 e. The first kappa shape index (κ1) is 63.0. The normalized spacial score (nSPS) is 11.8. The van der Waals surface area contributed by atoms with Gasteiger partial charge in [-0.3, -0.25) is 0 Å². The lowest BCUT2D eigenvalue weighted by atomic mass is 10.0. The van der Waals surface area contributed by atoms with Crippen LogP contribution in [0.4, 0.5) is 0 Å². The van der Waals surface area contributed by atoms with E-state index >= 15 is 0 Å². The Morgan fingerprint density at radius 2 is 0.543 bits per heavy atom. The maximum atomic E-state index is 12.9. The molecule has 0 saturated carbocycles. The highest BCUT2D eigenvalue weighted by atomic mass is 16.6. The minimum atomic E-state index is -0.474. The van der Waals surface area contributed by atoms with E-state index in [-0.39, 0.29) is 12.2 Å². The van der Waals surface area contributed by atoms with Crippen LogP contribution in [0, 0.1) is 0 Å². The van der Waals surface area contributed by atoms with E-state index in [9.17, 15) is 19.2 Å². The van der Waals surface area contributed by atoms with Crippen molar-refractivity contribution >= 4 is 23.9 Å². The Labute approximate surface area is 483 Å². The van der Waals surface area contributed by atoms with Crippen LogP contribution in [0.5, 0.6) is 23.0 Å². The summed E-state index contributed by atoms with van der Waals surface area (Å²) in [6.07, 6.45) is 25.9. The van der Waals surface area contributed by atoms with Gasteiger partial charge in [-0.25, -0.2) is 19.2 Å². The second kappa shape index (κ2) is 36.2. The molecule has 0 aliphatic heterocycles. The minimum absolute atomic E-state index is 0.204. The summed E-state index contributed by atoms with van der Waals surface area (Å²) in [7, 11) is 0. The van der Waals surface area contributed by atoms with Gasteiger partial charge in [0.2, 0.25) is 0 Å². The van der Waals surface area contributed by atoms with Gasteiger partial charge in [0.05, 0.1) is 47.7 Å². The largest absolute Gasteiger partial charge is 0.494 e. The fourth-order valence-electron chi connectivity index (χ4n) is 9.60. The predicted octanol–water partition coefficient (Wildman–Crippen LogP) is 19.0. The molecule has 10 heteroatoms. The zero-order valence-corrected chi connectivity index (χ0v) is 48.8. The molecule has 0 aromatic heterocycles. The molecule has 6 rings (SSSR count). The molecule has 0 fully saturated rings. The van der Waals surface area contributed by atoms with E-state index in [4.69, 9.17) is 28.4 Å². The van der Waals surface area contributed by atoms with E-state index in [1.807, 2.05) is 86.6 Å². The topological polar surface area (TPSA) is 124 Å². The van der Waals surface area contributed by atoms with Crippen LogP contribution in [0.25, 0.3) is 22.3 Å². The fraction of sp³-hybridized carbons (Fsp3) is 0.437. The molecule has 0 N–H and O–H groups in total. The van der Waals surface area contributed by atoms with Gasteiger partial charge in [0.25, 0.3) is 0 Å². The highest BCUT2D eigenvalue weighted by Gasteiger charge is 2.17. The quantitative estimate of drug-likeness (QED) is 0.0210. The number of hydrogen-bond donors (Lipinski definition) is 0. The molecule has 6 aromatic rings. The molecular weight excluding hydrogens is 1010 g/mol. The van der Waals surface area contributed by atoms with Crippen molar-refractivity contribution in [2.75, 3.05) is 13.2 Å². The smallest absolute Gasteiger partial charge is 0.343 e. The van der Waals surface area contributed by atoms with E-state index in [1.54, 1.807) is 72.8 Å². The summed E-state index contributed by atoms with van der Waals surface area (Å²) in [5, 5.41) is 0. The Kier molecular flexibility index (Phi) is 28.2. The first-order valence-electron chi connectivity index (χ1n) is 30.3. The van der Waals surface area contributed by atoms with Crippen molar-refractivity contribution < 1.29 is 47.6 Å². The number of carbonyl (C=O) groups is 4. The van der Waals surface area contributed by atoms with Crippen LogP contribution in [0.15, 0.2) is 146 Å². The molecule has 6 aromatic carbocycles. The Bertz CT molecular complexity index is 2540. The highest BCUT2D eigenvalue weighted by Crippen LogP contribution is 2.27. The predicted molar refractivity (Wildman–Crippen MR) is 325 cm³/mol. The van der Waals surface area contributed by atoms with Crippen LogP contribution < -0.4 is 18.9 Å². The van der Waals surface area contributed by atoms with Crippen molar-refractivity contribution in [1.82, 2.24) is 0 Å². The van der Waals surface area contributed by atoms with Gasteiger partial charge in [-0.05, 0) is 172 Å². The van der Waals surface area contributed by atoms with E-state index in [2.05, 4.69) is 13.8 Å². The van der Waals surface area contributed by atoms with Gasteiger partial charge in [-0.2, -0.15) is 0 Å². The lowest BCUT2D eigenvalue weighted by Gasteiger charge is -2.14. The number of rotatable bonds is 38. The third kappa shape index (κ3) is 23.4. The second-order valence-electron chi connectivity index (χ2n) is 21.5. The van der Waals surface area contributed by atoms with Crippen molar-refractivity contribution in [3.63, 3.8) is 0 Å². The maximum absolute atomic E-state index is 12.9. The Morgan fingerprint density at radius 1 is 0.296 bits per heavy atom. The van der Waals surface area contributed by atoms with Crippen LogP contribution in [0.1, 0.15) is 217 Å². The molecule has 10 nitrogen and oxygen atoms in total. The summed E-state index contributed by atoms with van der Waals surface area (Å²) in [6, 6.07) is 43.6. The van der Waals surface area contributed by atoms with Gasteiger partial charge in [-0.1, -0.05) is 172 Å². The average Bonchev–Trinajstić information content (AvgIpc) is 3.49. The first-order chi connectivity index (χ1) is 39.6. The Morgan fingerprint density at radius 3 is 0.864 bits per heavy atom. The zero-order valence-electron chi connectivity index (χ0n) is 48.8. The van der Waals surface area contributed by atoms with Gasteiger partial charge in [0.15, 0.2) is 0 Å². The monoisotopic (exact) mass is 1100 g/mol. The van der Waals surface area contributed by atoms with Crippen LogP contribution in [0.2, 0.25) is 0 Å². The number of benzene rings is 6. The lowest BCUT2D eigenvalue weighted by molar-refractivity contribution is 0.0309. The van der Waals surface area contributed by atoms with E-state index in [0.29, 0.717) is 33.8 Å². The van der Waals surface area contributed by atoms with Gasteiger partial charge >= 0.3 is 23.9 Å². The van der Waals surface area contributed by atoms with Crippen molar-refractivity contribution in [3.8, 4) is 45.3 Å². The fourth-order valence-corrected chi connectivity index (χ4v) is 9.60. The summed E-state index contributed by atoms with van der Waals surface area (Å²) in [5.41, 5.74) is 5.73. The first-order valence-corrected chi connectivity index (χ1v) is 30.3. The number of unbranched alkanes of at least 4 members (excludes halogenated alkanes) is 18. The summed E-state index contributed by atoms with van der Waals surface area (Å²) >= 11 is 0. The molecule has 81 heavy (non-hydrogen) atoms.